The van der Waals surface area contributed by atoms with E-state index in [-0.39, 0.29) is 24.2 Å². The number of rotatable bonds is 7. The number of nitrogens with zero attached hydrogens (tertiary/aromatic N) is 7. The van der Waals surface area contributed by atoms with Gasteiger partial charge >= 0.3 is 0 Å². The van der Waals surface area contributed by atoms with Crippen LogP contribution in [-0.2, 0) is 16.6 Å². The molecule has 0 atom stereocenters. The van der Waals surface area contributed by atoms with Gasteiger partial charge in [-0.3, -0.25) is 14.1 Å². The Hall–Kier alpha value is -4.57. The monoisotopic (exact) mass is 491 g/mol. The summed E-state index contributed by atoms with van der Waals surface area (Å²) in [6.07, 6.45) is 5.51. The van der Waals surface area contributed by atoms with Crippen molar-refractivity contribution in [2.45, 2.75) is 6.54 Å². The van der Waals surface area contributed by atoms with Crippen molar-refractivity contribution in [3.63, 3.8) is 0 Å². The van der Waals surface area contributed by atoms with Crippen LogP contribution in [0.25, 0.3) is 11.0 Å². The third-order valence-corrected chi connectivity index (χ3v) is 6.40. The number of hydrogen-bond donors (Lipinski definition) is 2. The Bertz CT molecular complexity index is 1560. The van der Waals surface area contributed by atoms with E-state index in [4.69, 9.17) is 0 Å². The number of nitriles is 1. The van der Waals surface area contributed by atoms with Gasteiger partial charge in [0.1, 0.15) is 23.1 Å². The fourth-order valence-electron chi connectivity index (χ4n) is 3.37. The smallest absolute Gasteiger partial charge is 0.251 e. The first-order chi connectivity index (χ1) is 16.7. The van der Waals surface area contributed by atoms with Gasteiger partial charge in [0.2, 0.25) is 16.0 Å². The first kappa shape index (κ1) is 23.6. The van der Waals surface area contributed by atoms with Crippen LogP contribution in [0, 0.1) is 11.3 Å². The van der Waals surface area contributed by atoms with E-state index >= 15 is 0 Å². The van der Waals surface area contributed by atoms with Gasteiger partial charge in [-0.1, -0.05) is 0 Å². The van der Waals surface area contributed by atoms with Gasteiger partial charge in [-0.05, 0) is 30.3 Å². The van der Waals surface area contributed by atoms with Gasteiger partial charge < -0.3 is 15.2 Å². The number of aromatic nitrogens is 5. The molecule has 1 amide bonds. The highest BCUT2D eigenvalue weighted by Gasteiger charge is 2.20. The number of anilines is 3. The van der Waals surface area contributed by atoms with Crippen LogP contribution in [-0.4, -0.2) is 59.2 Å². The van der Waals surface area contributed by atoms with Gasteiger partial charge in [-0.15, -0.1) is 0 Å². The fourth-order valence-corrected chi connectivity index (χ4v) is 3.84. The second-order valence-electron chi connectivity index (χ2n) is 7.54. The number of fused-ring (bicyclic) bond motifs is 1. The molecule has 35 heavy (non-hydrogen) atoms. The Balaban J connectivity index is 1.70. The molecule has 3 aromatic heterocycles. The second kappa shape index (κ2) is 9.35. The van der Waals surface area contributed by atoms with Gasteiger partial charge in [0.15, 0.2) is 5.82 Å². The van der Waals surface area contributed by atoms with Crippen LogP contribution in [0.5, 0.6) is 0 Å². The average molecular weight is 492 g/mol. The molecule has 0 aliphatic carbocycles. The normalized spacial score (nSPS) is 11.1. The van der Waals surface area contributed by atoms with Gasteiger partial charge in [0.05, 0.1) is 12.8 Å². The lowest BCUT2D eigenvalue weighted by Gasteiger charge is -2.18. The highest BCUT2D eigenvalue weighted by molar-refractivity contribution is 7.92. The van der Waals surface area contributed by atoms with Gasteiger partial charge in [-0.25, -0.2) is 18.4 Å². The van der Waals surface area contributed by atoms with Crippen LogP contribution in [0.4, 0.5) is 17.5 Å². The molecule has 2 N–H and O–H groups in total. The molecule has 4 aromatic rings. The number of hydrogen-bond acceptors (Lipinski definition) is 9. The minimum absolute atomic E-state index is 0.0622. The largest absolute Gasteiger partial charge is 0.355 e. The molecule has 178 valence electrons. The Morgan fingerprint density at radius 3 is 2.54 bits per heavy atom. The Labute approximate surface area is 201 Å². The van der Waals surface area contributed by atoms with E-state index in [9.17, 15) is 18.5 Å². The standard InChI is InChI=1S/C22H21N9O3S/c1-24-21(32)14-4-6-16(7-5-14)28-22-27-12-15-10-17(11-23)31(19(15)29-22)13-18-20(26-9-8-25-18)30(2)35(3,33)34/h4-10,12H,13H2,1-3H3,(H,24,32)(H,27,28,29). The van der Waals surface area contributed by atoms with Crippen molar-refractivity contribution >= 4 is 44.4 Å². The lowest BCUT2D eigenvalue weighted by molar-refractivity contribution is 0.0963. The Morgan fingerprint density at radius 1 is 1.17 bits per heavy atom. The molecule has 1 aromatic carbocycles. The maximum Gasteiger partial charge on any atom is 0.251 e. The summed E-state index contributed by atoms with van der Waals surface area (Å²) in [6, 6.07) is 10.6. The number of sulfonamides is 1. The SMILES string of the molecule is CNC(=O)c1ccc(Nc2ncc3cc(C#N)n(Cc4nccnc4N(C)S(C)(=O)=O)c3n2)cc1. The van der Waals surface area contributed by atoms with Gasteiger partial charge in [0.25, 0.3) is 5.91 Å². The summed E-state index contributed by atoms with van der Waals surface area (Å²) < 4.78 is 26.8. The summed E-state index contributed by atoms with van der Waals surface area (Å²) in [5, 5.41) is 16.0. The molecule has 13 heteroatoms. The van der Waals surface area contributed by atoms with Crippen molar-refractivity contribution in [2.24, 2.45) is 0 Å². The maximum absolute atomic E-state index is 12.1. The molecule has 0 saturated carbocycles. The van der Waals surface area contributed by atoms with Crippen molar-refractivity contribution in [2.75, 3.05) is 30.0 Å². The lowest BCUT2D eigenvalue weighted by Crippen LogP contribution is -2.27. The second-order valence-corrected chi connectivity index (χ2v) is 9.55. The van der Waals surface area contributed by atoms with Crippen molar-refractivity contribution in [3.8, 4) is 6.07 Å². The molecular formula is C22H21N9O3S. The highest BCUT2D eigenvalue weighted by Crippen LogP contribution is 2.24. The van der Waals surface area contributed by atoms with E-state index in [2.05, 4.69) is 36.6 Å². The van der Waals surface area contributed by atoms with E-state index in [1.54, 1.807) is 48.1 Å². The van der Waals surface area contributed by atoms with E-state index in [1.165, 1.54) is 19.4 Å². The van der Waals surface area contributed by atoms with E-state index in [0.717, 1.165) is 10.6 Å². The van der Waals surface area contributed by atoms with Gasteiger partial charge in [-0.2, -0.15) is 10.2 Å². The third kappa shape index (κ3) is 4.87. The van der Waals surface area contributed by atoms with E-state index in [0.29, 0.717) is 33.7 Å². The summed E-state index contributed by atoms with van der Waals surface area (Å²) in [5.74, 6) is 0.243. The zero-order chi connectivity index (χ0) is 25.2. The van der Waals surface area contributed by atoms with E-state index in [1.807, 2.05) is 0 Å². The number of benzene rings is 1. The summed E-state index contributed by atoms with van der Waals surface area (Å²) >= 11 is 0. The quantitative estimate of drug-likeness (QED) is 0.392. The van der Waals surface area contributed by atoms with Crippen LogP contribution >= 0.6 is 0 Å². The summed E-state index contributed by atoms with van der Waals surface area (Å²) in [5.41, 5.74) is 2.30. The Kier molecular flexibility index (Phi) is 6.30. The predicted octanol–water partition coefficient (Wildman–Crippen LogP) is 1.64. The maximum atomic E-state index is 12.1. The third-order valence-electron chi connectivity index (χ3n) is 5.24. The molecule has 12 nitrogen and oxygen atoms in total. The first-order valence-corrected chi connectivity index (χ1v) is 12.2. The number of carbonyl (C=O) groups is 1. The molecular weight excluding hydrogens is 470 g/mol. The highest BCUT2D eigenvalue weighted by atomic mass is 32.2. The zero-order valence-electron chi connectivity index (χ0n) is 19.1. The van der Waals surface area contributed by atoms with Gasteiger partial charge in [0, 0.05) is 49.3 Å². The topological polar surface area (TPSA) is 159 Å². The molecule has 0 bridgehead atoms. The van der Waals surface area contributed by atoms with Crippen LogP contribution in [0.1, 0.15) is 21.7 Å². The zero-order valence-corrected chi connectivity index (χ0v) is 19.9. The summed E-state index contributed by atoms with van der Waals surface area (Å²) in [7, 11) is -0.620. The average Bonchev–Trinajstić information content (AvgIpc) is 3.20. The number of carbonyl (C=O) groups excluding carboxylic acids is 1. The molecule has 3 heterocycles. The minimum atomic E-state index is -3.57. The van der Waals surface area contributed by atoms with Crippen molar-refractivity contribution in [3.05, 3.63) is 65.9 Å². The molecule has 0 saturated heterocycles. The lowest BCUT2D eigenvalue weighted by atomic mass is 10.2. The van der Waals surface area contributed by atoms with Crippen LogP contribution in [0.3, 0.4) is 0 Å². The molecule has 0 spiro atoms. The minimum Gasteiger partial charge on any atom is -0.355 e. The predicted molar refractivity (Wildman–Crippen MR) is 130 cm³/mol. The summed E-state index contributed by atoms with van der Waals surface area (Å²) in [6.45, 7) is 0.0622. The fraction of sp³-hybridized carbons (Fsp3) is 0.182. The molecule has 0 radical (unpaired) electrons. The van der Waals surface area contributed by atoms with Crippen LogP contribution in [0.15, 0.2) is 48.9 Å². The van der Waals surface area contributed by atoms with Crippen molar-refractivity contribution in [1.29, 1.82) is 5.26 Å². The summed E-state index contributed by atoms with van der Waals surface area (Å²) in [4.78, 5) is 29.1. The van der Waals surface area contributed by atoms with Crippen LogP contribution in [0.2, 0.25) is 0 Å². The first-order valence-electron chi connectivity index (χ1n) is 10.3. The molecule has 4 rings (SSSR count). The molecule has 0 fully saturated rings. The molecule has 0 aliphatic rings. The van der Waals surface area contributed by atoms with E-state index < -0.39 is 10.0 Å². The van der Waals surface area contributed by atoms with Crippen molar-refractivity contribution in [1.82, 2.24) is 29.8 Å². The molecule has 0 aliphatic heterocycles. The van der Waals surface area contributed by atoms with Crippen LogP contribution < -0.4 is 14.9 Å². The number of amides is 1. The molecule has 0 unspecified atom stereocenters. The van der Waals surface area contributed by atoms with Crippen molar-refractivity contribution < 1.29 is 13.2 Å². The number of nitrogens with one attached hydrogen (secondary N) is 2. The Morgan fingerprint density at radius 2 is 1.89 bits per heavy atom.